The third-order valence-electron chi connectivity index (χ3n) is 6.27. The van der Waals surface area contributed by atoms with Crippen LogP contribution in [0, 0.1) is 11.8 Å². The average Bonchev–Trinajstić information content (AvgIpc) is 2.38. The van der Waals surface area contributed by atoms with Crippen molar-refractivity contribution in [1.29, 1.82) is 0 Å². The van der Waals surface area contributed by atoms with Crippen LogP contribution < -0.4 is 0 Å². The molecular weight excluding hydrogens is 250 g/mol. The van der Waals surface area contributed by atoms with Crippen LogP contribution in [-0.4, -0.2) is 42.7 Å². The van der Waals surface area contributed by atoms with Crippen molar-refractivity contribution in [2.45, 2.75) is 70.4 Å². The van der Waals surface area contributed by atoms with Crippen molar-refractivity contribution in [3.05, 3.63) is 0 Å². The van der Waals surface area contributed by atoms with Crippen LogP contribution in [0.2, 0.25) is 0 Å². The molecule has 3 nitrogen and oxygen atoms in total. The van der Waals surface area contributed by atoms with E-state index in [1.54, 1.807) is 6.92 Å². The number of hydrogen-bond acceptors (Lipinski definition) is 2. The maximum absolute atomic E-state index is 11.5. The molecule has 1 heterocycles. The van der Waals surface area contributed by atoms with E-state index >= 15 is 0 Å². The average molecular weight is 280 g/mol. The van der Waals surface area contributed by atoms with Crippen molar-refractivity contribution in [1.82, 2.24) is 0 Å². The highest BCUT2D eigenvalue weighted by Crippen LogP contribution is 2.46. The van der Waals surface area contributed by atoms with E-state index in [1.807, 2.05) is 0 Å². The summed E-state index contributed by atoms with van der Waals surface area (Å²) < 4.78 is 7.02. The zero-order chi connectivity index (χ0) is 14.2. The largest absolute Gasteiger partial charge is 0.462 e. The Bertz CT molecular complexity index is 362. The van der Waals surface area contributed by atoms with E-state index < -0.39 is 0 Å². The predicted molar refractivity (Wildman–Crippen MR) is 79.2 cm³/mol. The molecule has 2 saturated carbocycles. The minimum Gasteiger partial charge on any atom is -0.462 e. The van der Waals surface area contributed by atoms with Gasteiger partial charge in [-0.25, -0.2) is 0 Å². The lowest BCUT2D eigenvalue weighted by atomic mass is 9.66. The van der Waals surface area contributed by atoms with Crippen molar-refractivity contribution in [2.24, 2.45) is 11.8 Å². The summed E-state index contributed by atoms with van der Waals surface area (Å²) in [5.74, 6) is 1.19. The van der Waals surface area contributed by atoms with Gasteiger partial charge in [-0.15, -0.1) is 0 Å². The first-order chi connectivity index (χ1) is 9.60. The molecule has 3 rings (SSSR count). The zero-order valence-corrected chi connectivity index (χ0v) is 13.1. The number of carbonyl (C=O) groups excluding carboxylic acids is 1. The second-order valence-corrected chi connectivity index (χ2v) is 7.56. The van der Waals surface area contributed by atoms with E-state index in [2.05, 4.69) is 7.05 Å². The molecule has 1 saturated heterocycles. The summed E-state index contributed by atoms with van der Waals surface area (Å²) in [5, 5.41) is 0. The molecule has 0 aromatic carbocycles. The standard InChI is InChI=1S/C17H30NO2/c1-13(19)20-17-14-7-6-8-15(17)16(10-9-14)18(2)11-4-3-5-12-18/h14-17H,3-12H2,1-2H3/q+1/t14-,15-,16+,17+/m1/s1. The summed E-state index contributed by atoms with van der Waals surface area (Å²) in [7, 11) is 2.46. The van der Waals surface area contributed by atoms with Gasteiger partial charge in [0.2, 0.25) is 0 Å². The van der Waals surface area contributed by atoms with E-state index in [0.717, 1.165) is 6.04 Å². The smallest absolute Gasteiger partial charge is 0.302 e. The van der Waals surface area contributed by atoms with Gasteiger partial charge in [0.1, 0.15) is 6.10 Å². The van der Waals surface area contributed by atoms with E-state index in [1.165, 1.54) is 68.9 Å². The van der Waals surface area contributed by atoms with Gasteiger partial charge in [0.15, 0.2) is 0 Å². The summed E-state index contributed by atoms with van der Waals surface area (Å²) in [6.45, 7) is 4.24. The SMILES string of the molecule is CC(=O)O[C@H]1[C@@H]2CCC[C@@H]1[C@@H]([N+]1(C)CCCCC1)CC2. The molecular formula is C17H30NO2+. The van der Waals surface area contributed by atoms with Crippen LogP contribution in [0.5, 0.6) is 0 Å². The van der Waals surface area contributed by atoms with Crippen LogP contribution in [0.15, 0.2) is 0 Å². The lowest BCUT2D eigenvalue weighted by Crippen LogP contribution is -2.63. The van der Waals surface area contributed by atoms with E-state index in [0.29, 0.717) is 11.8 Å². The van der Waals surface area contributed by atoms with Crippen LogP contribution in [0.25, 0.3) is 0 Å². The van der Waals surface area contributed by atoms with E-state index in [-0.39, 0.29) is 12.1 Å². The maximum Gasteiger partial charge on any atom is 0.302 e. The highest BCUT2D eigenvalue weighted by molar-refractivity contribution is 5.66. The van der Waals surface area contributed by atoms with Gasteiger partial charge in [-0.05, 0) is 44.4 Å². The molecule has 2 bridgehead atoms. The molecule has 0 aromatic rings. The number of esters is 1. The molecule has 20 heavy (non-hydrogen) atoms. The predicted octanol–water partition coefficient (Wildman–Crippen LogP) is 3.13. The quantitative estimate of drug-likeness (QED) is 0.574. The lowest BCUT2D eigenvalue weighted by Gasteiger charge is -2.54. The number of hydrogen-bond donors (Lipinski definition) is 0. The van der Waals surface area contributed by atoms with Gasteiger partial charge in [-0.1, -0.05) is 6.42 Å². The fourth-order valence-corrected chi connectivity index (χ4v) is 5.33. The van der Waals surface area contributed by atoms with Gasteiger partial charge in [0.25, 0.3) is 0 Å². The minimum absolute atomic E-state index is 0.0751. The third-order valence-corrected chi connectivity index (χ3v) is 6.27. The number of rotatable bonds is 2. The molecule has 3 fully saturated rings. The van der Waals surface area contributed by atoms with Crippen molar-refractivity contribution in [3.8, 4) is 0 Å². The summed E-state index contributed by atoms with van der Waals surface area (Å²) in [4.78, 5) is 11.5. The van der Waals surface area contributed by atoms with Gasteiger partial charge >= 0.3 is 5.97 Å². The Labute approximate surface area is 123 Å². The number of fused-ring (bicyclic) bond motifs is 2. The second kappa shape index (κ2) is 5.67. The topological polar surface area (TPSA) is 26.3 Å². The van der Waals surface area contributed by atoms with Crippen molar-refractivity contribution in [3.63, 3.8) is 0 Å². The van der Waals surface area contributed by atoms with Gasteiger partial charge in [0, 0.05) is 19.3 Å². The van der Waals surface area contributed by atoms with Crippen LogP contribution in [-0.2, 0) is 9.53 Å². The van der Waals surface area contributed by atoms with Crippen LogP contribution in [0.3, 0.4) is 0 Å². The first-order valence-corrected chi connectivity index (χ1v) is 8.61. The normalized spacial score (nSPS) is 40.1. The Balaban J connectivity index is 1.79. The van der Waals surface area contributed by atoms with Crippen molar-refractivity contribution >= 4 is 5.97 Å². The van der Waals surface area contributed by atoms with E-state index in [4.69, 9.17) is 4.74 Å². The second-order valence-electron chi connectivity index (χ2n) is 7.56. The molecule has 1 aliphatic heterocycles. The lowest BCUT2D eigenvalue weighted by molar-refractivity contribution is -0.943. The Morgan fingerprint density at radius 2 is 1.75 bits per heavy atom. The van der Waals surface area contributed by atoms with Gasteiger partial charge in [-0.3, -0.25) is 4.79 Å². The fraction of sp³-hybridized carbons (Fsp3) is 0.941. The first kappa shape index (κ1) is 14.4. The molecule has 4 atom stereocenters. The molecule has 3 heteroatoms. The minimum atomic E-state index is -0.0751. The van der Waals surface area contributed by atoms with Gasteiger partial charge in [0.05, 0.1) is 26.2 Å². The number of nitrogens with zero attached hydrogens (tertiary/aromatic N) is 1. The first-order valence-electron chi connectivity index (χ1n) is 8.61. The Morgan fingerprint density at radius 3 is 2.45 bits per heavy atom. The molecule has 0 radical (unpaired) electrons. The number of carbonyl (C=O) groups is 1. The molecule has 0 N–H and O–H groups in total. The number of piperidine rings is 1. The molecule has 3 aliphatic rings. The van der Waals surface area contributed by atoms with Crippen molar-refractivity contribution < 1.29 is 14.0 Å². The maximum atomic E-state index is 11.5. The fourth-order valence-electron chi connectivity index (χ4n) is 5.33. The zero-order valence-electron chi connectivity index (χ0n) is 13.1. The van der Waals surface area contributed by atoms with Crippen LogP contribution in [0.4, 0.5) is 0 Å². The summed E-state index contributed by atoms with van der Waals surface area (Å²) in [6.07, 6.45) is 10.9. The molecule has 0 aromatic heterocycles. The Hall–Kier alpha value is -0.570. The van der Waals surface area contributed by atoms with Gasteiger partial charge in [-0.2, -0.15) is 0 Å². The monoisotopic (exact) mass is 280 g/mol. The molecule has 0 unspecified atom stereocenters. The number of quaternary nitrogens is 1. The summed E-state index contributed by atoms with van der Waals surface area (Å²) in [5.41, 5.74) is 0. The molecule has 2 aliphatic carbocycles. The highest BCUT2D eigenvalue weighted by atomic mass is 16.5. The number of ether oxygens (including phenoxy) is 1. The van der Waals surface area contributed by atoms with E-state index in [9.17, 15) is 4.79 Å². The van der Waals surface area contributed by atoms with Crippen LogP contribution >= 0.6 is 0 Å². The van der Waals surface area contributed by atoms with Gasteiger partial charge < -0.3 is 9.22 Å². The molecule has 0 spiro atoms. The Kier molecular flexibility index (Phi) is 4.07. The Morgan fingerprint density at radius 1 is 1.00 bits per heavy atom. The highest BCUT2D eigenvalue weighted by Gasteiger charge is 2.50. The third kappa shape index (κ3) is 2.61. The summed E-state index contributed by atoms with van der Waals surface area (Å²) >= 11 is 0. The van der Waals surface area contributed by atoms with Crippen molar-refractivity contribution in [2.75, 3.05) is 20.1 Å². The number of likely N-dealkylation sites (tertiary alicyclic amines) is 1. The summed E-state index contributed by atoms with van der Waals surface area (Å²) in [6, 6.07) is 0.733. The van der Waals surface area contributed by atoms with Crippen LogP contribution in [0.1, 0.15) is 58.3 Å². The molecule has 114 valence electrons. The molecule has 0 amide bonds.